The molecule has 0 bridgehead atoms. The van der Waals surface area contributed by atoms with Gasteiger partial charge in [0.25, 0.3) is 0 Å². The van der Waals surface area contributed by atoms with Crippen molar-refractivity contribution in [2.24, 2.45) is 0 Å². The number of anilines is 2. The number of nitrogens with zero attached hydrogens (tertiary/aromatic N) is 1. The van der Waals surface area contributed by atoms with Crippen molar-refractivity contribution in [3.05, 3.63) is 53.9 Å². The quantitative estimate of drug-likeness (QED) is 0.800. The Balaban J connectivity index is 2.02. The number of carboxylic acids is 1. The van der Waals surface area contributed by atoms with Crippen molar-refractivity contribution < 1.29 is 14.7 Å². The molecular weight excluding hydrogens is 258 g/mol. The van der Waals surface area contributed by atoms with Crippen LogP contribution in [0.3, 0.4) is 0 Å². The molecule has 0 atom stereocenters. The van der Waals surface area contributed by atoms with E-state index in [-0.39, 0.29) is 5.56 Å². The number of hydrogen-bond acceptors (Lipinski definition) is 3. The molecule has 2 aromatic rings. The smallest absolute Gasteiger partial charge is 0.337 e. The topological polar surface area (TPSA) is 91.3 Å². The van der Waals surface area contributed by atoms with Gasteiger partial charge in [0.2, 0.25) is 0 Å². The third kappa shape index (κ3) is 3.55. The summed E-state index contributed by atoms with van der Waals surface area (Å²) in [6, 6.07) is 8.19. The van der Waals surface area contributed by atoms with Gasteiger partial charge in [0, 0.05) is 11.9 Å². The molecule has 0 aliphatic heterocycles. The molecule has 3 N–H and O–H groups in total. The largest absolute Gasteiger partial charge is 0.478 e. The number of carboxylic acid groups (broad SMARTS) is 1. The first kappa shape index (κ1) is 13.5. The lowest BCUT2D eigenvalue weighted by atomic mass is 10.2. The Bertz CT molecular complexity index is 638. The molecule has 0 fully saturated rings. The number of hydrogen-bond donors (Lipinski definition) is 3. The van der Waals surface area contributed by atoms with Crippen molar-refractivity contribution in [2.45, 2.75) is 6.92 Å². The Morgan fingerprint density at radius 1 is 1.05 bits per heavy atom. The Morgan fingerprint density at radius 2 is 1.70 bits per heavy atom. The van der Waals surface area contributed by atoms with Crippen LogP contribution in [0, 0.1) is 6.92 Å². The summed E-state index contributed by atoms with van der Waals surface area (Å²) in [4.78, 5) is 26.3. The van der Waals surface area contributed by atoms with Crippen molar-refractivity contribution in [1.82, 2.24) is 4.98 Å². The lowest BCUT2D eigenvalue weighted by molar-refractivity contribution is 0.0696. The minimum atomic E-state index is -1.10. The SMILES string of the molecule is Cc1ccc(NC(=O)Nc2cncc(C(=O)O)c2)cc1. The summed E-state index contributed by atoms with van der Waals surface area (Å²) in [5.41, 5.74) is 2.07. The molecule has 0 radical (unpaired) electrons. The minimum absolute atomic E-state index is 0.0122. The second-order valence-electron chi connectivity index (χ2n) is 4.21. The number of amides is 2. The molecule has 1 heterocycles. The first-order valence-electron chi connectivity index (χ1n) is 5.87. The number of aromatic carboxylic acids is 1. The average molecular weight is 271 g/mol. The maximum Gasteiger partial charge on any atom is 0.337 e. The first-order valence-corrected chi connectivity index (χ1v) is 5.87. The summed E-state index contributed by atoms with van der Waals surface area (Å²) >= 11 is 0. The molecule has 0 aliphatic carbocycles. The number of nitrogens with one attached hydrogen (secondary N) is 2. The van der Waals surface area contributed by atoms with E-state index < -0.39 is 12.0 Å². The molecule has 1 aromatic heterocycles. The van der Waals surface area contributed by atoms with E-state index in [1.807, 2.05) is 19.1 Å². The second kappa shape index (κ2) is 5.83. The standard InChI is InChI=1S/C14H13N3O3/c1-9-2-4-11(5-3-9)16-14(20)17-12-6-10(13(18)19)7-15-8-12/h2-8H,1H3,(H,18,19)(H2,16,17,20). The molecule has 0 spiro atoms. The van der Waals surface area contributed by atoms with Crippen LogP contribution in [0.25, 0.3) is 0 Å². The van der Waals surface area contributed by atoms with Crippen molar-refractivity contribution in [1.29, 1.82) is 0 Å². The summed E-state index contributed by atoms with van der Waals surface area (Å²) < 4.78 is 0. The minimum Gasteiger partial charge on any atom is -0.478 e. The highest BCUT2D eigenvalue weighted by molar-refractivity contribution is 6.00. The maximum atomic E-state index is 11.8. The number of rotatable bonds is 3. The van der Waals surface area contributed by atoms with Crippen LogP contribution in [0.2, 0.25) is 0 Å². The number of pyridine rings is 1. The van der Waals surface area contributed by atoms with E-state index >= 15 is 0 Å². The lowest BCUT2D eigenvalue weighted by Crippen LogP contribution is -2.19. The van der Waals surface area contributed by atoms with Gasteiger partial charge in [0.15, 0.2) is 0 Å². The van der Waals surface area contributed by atoms with Gasteiger partial charge in [-0.15, -0.1) is 0 Å². The molecule has 0 aliphatic rings. The maximum absolute atomic E-state index is 11.8. The molecule has 20 heavy (non-hydrogen) atoms. The summed E-state index contributed by atoms with van der Waals surface area (Å²) in [5.74, 6) is -1.10. The van der Waals surface area contributed by atoms with E-state index in [0.717, 1.165) is 5.56 Å². The number of benzene rings is 1. The lowest BCUT2D eigenvalue weighted by Gasteiger charge is -2.08. The van der Waals surface area contributed by atoms with Crippen LogP contribution >= 0.6 is 0 Å². The Labute approximate surface area is 115 Å². The zero-order valence-electron chi connectivity index (χ0n) is 10.8. The summed E-state index contributed by atoms with van der Waals surface area (Å²) in [5, 5.41) is 14.0. The van der Waals surface area contributed by atoms with E-state index in [2.05, 4.69) is 15.6 Å². The highest BCUT2D eigenvalue weighted by Gasteiger charge is 2.07. The molecule has 2 amide bonds. The fourth-order valence-electron chi connectivity index (χ4n) is 1.56. The first-order chi connectivity index (χ1) is 9.54. The third-order valence-electron chi connectivity index (χ3n) is 2.55. The Morgan fingerprint density at radius 3 is 2.35 bits per heavy atom. The number of carbonyl (C=O) groups excluding carboxylic acids is 1. The molecule has 1 aromatic carbocycles. The molecule has 6 heteroatoms. The molecule has 102 valence electrons. The van der Waals surface area contributed by atoms with Crippen LogP contribution in [-0.4, -0.2) is 22.1 Å². The highest BCUT2D eigenvalue weighted by atomic mass is 16.4. The molecule has 6 nitrogen and oxygen atoms in total. The van der Waals surface area contributed by atoms with Gasteiger partial charge in [-0.05, 0) is 25.1 Å². The van der Waals surface area contributed by atoms with Gasteiger partial charge in [-0.3, -0.25) is 4.98 Å². The second-order valence-corrected chi connectivity index (χ2v) is 4.21. The summed E-state index contributed by atoms with van der Waals surface area (Å²) in [7, 11) is 0. The molecule has 0 saturated heterocycles. The van der Waals surface area contributed by atoms with Crippen molar-refractivity contribution in [3.63, 3.8) is 0 Å². The zero-order chi connectivity index (χ0) is 14.5. The van der Waals surface area contributed by atoms with Gasteiger partial charge >= 0.3 is 12.0 Å². The monoisotopic (exact) mass is 271 g/mol. The van der Waals surface area contributed by atoms with Crippen LogP contribution < -0.4 is 10.6 Å². The highest BCUT2D eigenvalue weighted by Crippen LogP contribution is 2.11. The van der Waals surface area contributed by atoms with E-state index in [1.54, 1.807) is 12.1 Å². The van der Waals surface area contributed by atoms with E-state index in [1.165, 1.54) is 18.5 Å². The predicted octanol–water partition coefficient (Wildman–Crippen LogP) is 2.73. The summed E-state index contributed by atoms with van der Waals surface area (Å²) in [6.07, 6.45) is 2.59. The van der Waals surface area contributed by atoms with Gasteiger partial charge in [-0.25, -0.2) is 9.59 Å². The molecular formula is C14H13N3O3. The average Bonchev–Trinajstić information content (AvgIpc) is 2.41. The number of urea groups is 1. The van der Waals surface area contributed by atoms with Crippen molar-refractivity contribution in [2.75, 3.05) is 10.6 Å². The van der Waals surface area contributed by atoms with Gasteiger partial charge in [0.1, 0.15) is 0 Å². The Kier molecular flexibility index (Phi) is 3.95. The molecule has 0 unspecified atom stereocenters. The van der Waals surface area contributed by atoms with Crippen LogP contribution in [0.5, 0.6) is 0 Å². The fraction of sp³-hybridized carbons (Fsp3) is 0.0714. The number of aryl methyl sites for hydroxylation is 1. The van der Waals surface area contributed by atoms with Crippen molar-refractivity contribution in [3.8, 4) is 0 Å². The van der Waals surface area contributed by atoms with Gasteiger partial charge in [-0.1, -0.05) is 17.7 Å². The normalized spacial score (nSPS) is 9.85. The number of carbonyl (C=O) groups is 2. The zero-order valence-corrected chi connectivity index (χ0v) is 10.8. The van der Waals surface area contributed by atoms with E-state index in [0.29, 0.717) is 11.4 Å². The molecule has 2 rings (SSSR count). The van der Waals surface area contributed by atoms with Crippen LogP contribution in [0.15, 0.2) is 42.7 Å². The van der Waals surface area contributed by atoms with Crippen LogP contribution in [0.1, 0.15) is 15.9 Å². The van der Waals surface area contributed by atoms with E-state index in [9.17, 15) is 9.59 Å². The third-order valence-corrected chi connectivity index (χ3v) is 2.55. The van der Waals surface area contributed by atoms with Crippen molar-refractivity contribution >= 4 is 23.4 Å². The predicted molar refractivity (Wildman–Crippen MR) is 75.0 cm³/mol. The molecule has 0 saturated carbocycles. The van der Waals surface area contributed by atoms with Crippen LogP contribution in [0.4, 0.5) is 16.2 Å². The Hall–Kier alpha value is -2.89. The summed E-state index contributed by atoms with van der Waals surface area (Å²) in [6.45, 7) is 1.95. The van der Waals surface area contributed by atoms with Gasteiger partial charge in [0.05, 0.1) is 17.4 Å². The van der Waals surface area contributed by atoms with Crippen LogP contribution in [-0.2, 0) is 0 Å². The number of aromatic nitrogens is 1. The van der Waals surface area contributed by atoms with Gasteiger partial charge < -0.3 is 15.7 Å². The van der Waals surface area contributed by atoms with E-state index in [4.69, 9.17) is 5.11 Å². The fourth-order valence-corrected chi connectivity index (χ4v) is 1.56. The van der Waals surface area contributed by atoms with Gasteiger partial charge in [-0.2, -0.15) is 0 Å².